The zero-order valence-electron chi connectivity index (χ0n) is 19.0. The van der Waals surface area contributed by atoms with Crippen molar-refractivity contribution >= 4 is 6.08 Å². The van der Waals surface area contributed by atoms with Crippen LogP contribution in [0.25, 0.3) is 6.08 Å². The first kappa shape index (κ1) is 21.6. The third kappa shape index (κ3) is 4.12. The van der Waals surface area contributed by atoms with Gasteiger partial charge in [0.1, 0.15) is 11.7 Å². The molecule has 1 heterocycles. The molecule has 0 bridgehead atoms. The molecule has 1 aliphatic rings. The van der Waals surface area contributed by atoms with E-state index in [1.807, 2.05) is 0 Å². The number of benzene rings is 2. The molecule has 2 aromatic rings. The standard InChI is InChI=1S/C28H36O/c1-7-24(19-22-15-11-20(5)12-16-22)28(10-4)26(9-3)25(8-2)27(29-28)23-17-13-21(6)14-18-23/h11-19,27H,7-10H2,1-6H3/b24-19+/t27-,28-/m0/s1. The maximum atomic E-state index is 7.04. The van der Waals surface area contributed by atoms with Crippen LogP contribution in [0.1, 0.15) is 81.7 Å². The summed E-state index contributed by atoms with van der Waals surface area (Å²) in [6.45, 7) is 13.4. The van der Waals surface area contributed by atoms with Gasteiger partial charge in [-0.05, 0) is 67.4 Å². The summed E-state index contributed by atoms with van der Waals surface area (Å²) in [6.07, 6.45) is 6.44. The molecule has 0 N–H and O–H groups in total. The average Bonchev–Trinajstić information content (AvgIpc) is 3.08. The minimum atomic E-state index is -0.296. The Kier molecular flexibility index (Phi) is 6.80. The summed E-state index contributed by atoms with van der Waals surface area (Å²) in [5.41, 5.74) is 9.19. The summed E-state index contributed by atoms with van der Waals surface area (Å²) < 4.78 is 7.04. The molecule has 29 heavy (non-hydrogen) atoms. The Balaban J connectivity index is 2.11. The second kappa shape index (κ2) is 9.13. The van der Waals surface area contributed by atoms with Crippen molar-refractivity contribution in [3.05, 3.63) is 87.5 Å². The lowest BCUT2D eigenvalue weighted by molar-refractivity contribution is -0.0131. The van der Waals surface area contributed by atoms with E-state index in [0.717, 1.165) is 25.7 Å². The fourth-order valence-corrected chi connectivity index (χ4v) is 4.84. The SMILES string of the molecule is CCC1=C(CC)[C@](CC)(/C(=C/c2ccc(C)cc2)CC)O[C@H]1c1ccc(C)cc1. The molecule has 0 saturated carbocycles. The van der Waals surface area contributed by atoms with Gasteiger partial charge in [-0.1, -0.05) is 93.4 Å². The van der Waals surface area contributed by atoms with Crippen LogP contribution in [0.15, 0.2) is 65.3 Å². The minimum absolute atomic E-state index is 0.0588. The van der Waals surface area contributed by atoms with Crippen molar-refractivity contribution in [1.82, 2.24) is 0 Å². The third-order valence-electron chi connectivity index (χ3n) is 6.44. The lowest BCUT2D eigenvalue weighted by Crippen LogP contribution is -2.33. The molecule has 0 aromatic heterocycles. The van der Waals surface area contributed by atoms with Gasteiger partial charge in [-0.2, -0.15) is 0 Å². The Morgan fingerprint density at radius 1 is 0.862 bits per heavy atom. The Labute approximate surface area is 177 Å². The highest BCUT2D eigenvalue weighted by Crippen LogP contribution is 2.52. The Bertz CT molecular complexity index is 883. The van der Waals surface area contributed by atoms with Crippen molar-refractivity contribution < 1.29 is 4.74 Å². The summed E-state index contributed by atoms with van der Waals surface area (Å²) in [6, 6.07) is 17.7. The highest BCUT2D eigenvalue weighted by atomic mass is 16.5. The summed E-state index contributed by atoms with van der Waals surface area (Å²) in [7, 11) is 0. The van der Waals surface area contributed by atoms with Gasteiger partial charge in [0, 0.05) is 0 Å². The molecule has 0 fully saturated rings. The van der Waals surface area contributed by atoms with Crippen LogP contribution < -0.4 is 0 Å². The van der Waals surface area contributed by atoms with E-state index < -0.39 is 0 Å². The lowest BCUT2D eigenvalue weighted by atomic mass is 9.78. The van der Waals surface area contributed by atoms with E-state index in [4.69, 9.17) is 4.74 Å². The first-order valence-electron chi connectivity index (χ1n) is 11.2. The first-order valence-corrected chi connectivity index (χ1v) is 11.2. The van der Waals surface area contributed by atoms with Crippen LogP contribution in [0, 0.1) is 13.8 Å². The smallest absolute Gasteiger partial charge is 0.112 e. The van der Waals surface area contributed by atoms with Gasteiger partial charge in [0.15, 0.2) is 0 Å². The fourth-order valence-electron chi connectivity index (χ4n) is 4.84. The maximum absolute atomic E-state index is 7.04. The van der Waals surface area contributed by atoms with Crippen molar-refractivity contribution in [2.24, 2.45) is 0 Å². The molecule has 2 aromatic carbocycles. The van der Waals surface area contributed by atoms with Gasteiger partial charge in [-0.25, -0.2) is 0 Å². The quantitative estimate of drug-likeness (QED) is 0.435. The minimum Gasteiger partial charge on any atom is -0.354 e. The Morgan fingerprint density at radius 3 is 1.93 bits per heavy atom. The second-order valence-corrected chi connectivity index (χ2v) is 8.23. The molecule has 0 amide bonds. The van der Waals surface area contributed by atoms with E-state index in [0.29, 0.717) is 0 Å². The van der Waals surface area contributed by atoms with Gasteiger partial charge >= 0.3 is 0 Å². The molecule has 2 atom stereocenters. The van der Waals surface area contributed by atoms with Gasteiger partial charge in [-0.15, -0.1) is 0 Å². The van der Waals surface area contributed by atoms with Crippen molar-refractivity contribution in [3.63, 3.8) is 0 Å². The third-order valence-corrected chi connectivity index (χ3v) is 6.44. The van der Waals surface area contributed by atoms with Gasteiger partial charge < -0.3 is 4.74 Å². The number of ether oxygens (including phenoxy) is 1. The van der Waals surface area contributed by atoms with Gasteiger partial charge in [-0.3, -0.25) is 0 Å². The van der Waals surface area contributed by atoms with Crippen LogP contribution in [-0.4, -0.2) is 5.60 Å². The van der Waals surface area contributed by atoms with Crippen LogP contribution in [0.3, 0.4) is 0 Å². The highest BCUT2D eigenvalue weighted by Gasteiger charge is 2.46. The summed E-state index contributed by atoms with van der Waals surface area (Å²) >= 11 is 0. The van der Waals surface area contributed by atoms with Gasteiger partial charge in [0.25, 0.3) is 0 Å². The van der Waals surface area contributed by atoms with Crippen LogP contribution in [-0.2, 0) is 4.74 Å². The lowest BCUT2D eigenvalue weighted by Gasteiger charge is -2.34. The molecule has 1 heteroatoms. The number of hydrogen-bond donors (Lipinski definition) is 0. The molecular formula is C28H36O. The second-order valence-electron chi connectivity index (χ2n) is 8.23. The number of hydrogen-bond acceptors (Lipinski definition) is 1. The van der Waals surface area contributed by atoms with E-state index in [2.05, 4.69) is 96.1 Å². The molecule has 0 saturated heterocycles. The van der Waals surface area contributed by atoms with Crippen molar-refractivity contribution in [2.75, 3.05) is 0 Å². The molecular weight excluding hydrogens is 352 g/mol. The van der Waals surface area contributed by atoms with Gasteiger partial charge in [0.2, 0.25) is 0 Å². The van der Waals surface area contributed by atoms with Gasteiger partial charge in [0.05, 0.1) is 0 Å². The Morgan fingerprint density at radius 2 is 1.45 bits per heavy atom. The zero-order valence-corrected chi connectivity index (χ0v) is 19.0. The molecule has 0 spiro atoms. The topological polar surface area (TPSA) is 9.23 Å². The maximum Gasteiger partial charge on any atom is 0.112 e. The van der Waals surface area contributed by atoms with Crippen LogP contribution in [0.2, 0.25) is 0 Å². The van der Waals surface area contributed by atoms with Crippen molar-refractivity contribution in [1.29, 1.82) is 0 Å². The van der Waals surface area contributed by atoms with Crippen LogP contribution in [0.5, 0.6) is 0 Å². The summed E-state index contributed by atoms with van der Waals surface area (Å²) in [5, 5.41) is 0. The Hall–Kier alpha value is -2.12. The van der Waals surface area contributed by atoms with Crippen LogP contribution in [0.4, 0.5) is 0 Å². The van der Waals surface area contributed by atoms with E-state index in [1.165, 1.54) is 39.0 Å². The largest absolute Gasteiger partial charge is 0.354 e. The van der Waals surface area contributed by atoms with Crippen molar-refractivity contribution in [3.8, 4) is 0 Å². The van der Waals surface area contributed by atoms with E-state index >= 15 is 0 Å². The fraction of sp³-hybridized carbons (Fsp3) is 0.429. The monoisotopic (exact) mass is 388 g/mol. The molecule has 1 nitrogen and oxygen atoms in total. The molecule has 3 rings (SSSR count). The molecule has 154 valence electrons. The summed E-state index contributed by atoms with van der Waals surface area (Å²) in [4.78, 5) is 0. The van der Waals surface area contributed by atoms with E-state index in [-0.39, 0.29) is 11.7 Å². The first-order chi connectivity index (χ1) is 14.0. The average molecular weight is 389 g/mol. The normalized spacial score (nSPS) is 22.4. The van der Waals surface area contributed by atoms with Crippen molar-refractivity contribution in [2.45, 2.75) is 78.9 Å². The molecule has 0 radical (unpaired) electrons. The zero-order chi connectivity index (χ0) is 21.0. The molecule has 1 aliphatic heterocycles. The highest BCUT2D eigenvalue weighted by molar-refractivity contribution is 5.59. The summed E-state index contributed by atoms with van der Waals surface area (Å²) in [5.74, 6) is 0. The van der Waals surface area contributed by atoms with E-state index in [9.17, 15) is 0 Å². The predicted molar refractivity (Wildman–Crippen MR) is 125 cm³/mol. The number of aryl methyl sites for hydroxylation is 2. The van der Waals surface area contributed by atoms with E-state index in [1.54, 1.807) is 0 Å². The van der Waals surface area contributed by atoms with Crippen LogP contribution >= 0.6 is 0 Å². The predicted octanol–water partition coefficient (Wildman–Crippen LogP) is 8.13. The number of rotatable bonds is 7. The molecule has 0 aliphatic carbocycles. The molecule has 0 unspecified atom stereocenters.